The summed E-state index contributed by atoms with van der Waals surface area (Å²) in [5.74, 6) is -0.387. The number of hydrogen-bond acceptors (Lipinski definition) is 4. The summed E-state index contributed by atoms with van der Waals surface area (Å²) in [6.07, 6.45) is -1.39. The van der Waals surface area contributed by atoms with Gasteiger partial charge < -0.3 is 15.5 Å². The molecule has 1 fully saturated rings. The molecule has 3 aromatic carbocycles. The third-order valence-electron chi connectivity index (χ3n) is 7.19. The quantitative estimate of drug-likeness (QED) is 0.321. The largest absolute Gasteiger partial charge is 0.418 e. The third kappa shape index (κ3) is 5.52. The molecule has 0 atom stereocenters. The van der Waals surface area contributed by atoms with Crippen molar-refractivity contribution in [2.75, 3.05) is 30.8 Å². The van der Waals surface area contributed by atoms with Gasteiger partial charge in [-0.15, -0.1) is 0 Å². The molecule has 1 saturated heterocycles. The van der Waals surface area contributed by atoms with Gasteiger partial charge >= 0.3 is 6.18 Å². The highest BCUT2D eigenvalue weighted by Crippen LogP contribution is 2.41. The van der Waals surface area contributed by atoms with Crippen molar-refractivity contribution in [3.63, 3.8) is 0 Å². The normalized spacial score (nSPS) is 15.9. The average Bonchev–Trinajstić information content (AvgIpc) is 3.31. The van der Waals surface area contributed by atoms with E-state index in [4.69, 9.17) is 0 Å². The van der Waals surface area contributed by atoms with Crippen LogP contribution in [0.25, 0.3) is 16.7 Å². The maximum atomic E-state index is 13.9. The van der Waals surface area contributed by atoms with Crippen molar-refractivity contribution < 1.29 is 18.0 Å². The van der Waals surface area contributed by atoms with Gasteiger partial charge in [-0.25, -0.2) is 4.98 Å². The van der Waals surface area contributed by atoms with Crippen LogP contribution in [0.1, 0.15) is 30.9 Å². The van der Waals surface area contributed by atoms with Crippen LogP contribution < -0.4 is 10.6 Å². The fraction of sp³-hybridized carbons (Fsp3) is 0.310. The zero-order valence-corrected chi connectivity index (χ0v) is 21.3. The number of imidazole rings is 1. The molecule has 0 bridgehead atoms. The summed E-state index contributed by atoms with van der Waals surface area (Å²) in [5.41, 5.74) is 2.26. The van der Waals surface area contributed by atoms with Gasteiger partial charge in [0.15, 0.2) is 0 Å². The van der Waals surface area contributed by atoms with Gasteiger partial charge in [0.2, 0.25) is 5.91 Å². The molecular weight excluding hydrogens is 491 g/mol. The summed E-state index contributed by atoms with van der Waals surface area (Å²) in [5, 5.41) is 5.88. The Balaban J connectivity index is 1.34. The lowest BCUT2D eigenvalue weighted by atomic mass is 9.89. The number of fused-ring (bicyclic) bond motifs is 1. The maximum absolute atomic E-state index is 13.9. The first-order chi connectivity index (χ1) is 18.1. The zero-order valence-electron chi connectivity index (χ0n) is 21.3. The molecule has 2 heterocycles. The average molecular weight is 522 g/mol. The molecule has 198 valence electrons. The fourth-order valence-electron chi connectivity index (χ4n) is 4.89. The van der Waals surface area contributed by atoms with E-state index in [-0.39, 0.29) is 23.7 Å². The van der Waals surface area contributed by atoms with Crippen molar-refractivity contribution in [2.24, 2.45) is 0 Å². The summed E-state index contributed by atoms with van der Waals surface area (Å²) in [6, 6.07) is 19.2. The van der Waals surface area contributed by atoms with Gasteiger partial charge in [0, 0.05) is 24.3 Å². The van der Waals surface area contributed by atoms with Crippen LogP contribution in [-0.4, -0.2) is 46.0 Å². The second kappa shape index (κ2) is 10.1. The highest BCUT2D eigenvalue weighted by molar-refractivity contribution is 5.96. The minimum atomic E-state index is -4.56. The molecule has 0 saturated carbocycles. The van der Waals surface area contributed by atoms with Crippen LogP contribution in [0, 0.1) is 0 Å². The Morgan fingerprint density at radius 1 is 1.00 bits per heavy atom. The summed E-state index contributed by atoms with van der Waals surface area (Å²) < 4.78 is 43.8. The van der Waals surface area contributed by atoms with E-state index in [1.807, 2.05) is 67.1 Å². The first kappa shape index (κ1) is 25.8. The van der Waals surface area contributed by atoms with Crippen LogP contribution in [0.2, 0.25) is 0 Å². The number of halogens is 3. The minimum absolute atomic E-state index is 0.0305. The highest BCUT2D eigenvalue weighted by Gasteiger charge is 2.37. The molecule has 1 aliphatic rings. The number of hydrogen-bond donors (Lipinski definition) is 2. The van der Waals surface area contributed by atoms with Crippen LogP contribution in [0.5, 0.6) is 0 Å². The molecule has 4 aromatic rings. The smallest absolute Gasteiger partial charge is 0.378 e. The minimum Gasteiger partial charge on any atom is -0.378 e. The number of nitrogens with zero attached hydrogens (tertiary/aromatic N) is 3. The number of carbonyl (C=O) groups is 1. The van der Waals surface area contributed by atoms with Gasteiger partial charge in [-0.3, -0.25) is 9.36 Å². The number of anilines is 2. The van der Waals surface area contributed by atoms with Crippen molar-refractivity contribution in [3.8, 4) is 5.69 Å². The lowest BCUT2D eigenvalue weighted by Gasteiger charge is -2.40. The molecule has 1 amide bonds. The lowest BCUT2D eigenvalue weighted by Crippen LogP contribution is -2.46. The number of rotatable bonds is 6. The maximum Gasteiger partial charge on any atom is 0.418 e. The molecule has 5 rings (SSSR count). The van der Waals surface area contributed by atoms with Gasteiger partial charge in [0.05, 0.1) is 34.4 Å². The number of piperidine rings is 1. The molecule has 9 heteroatoms. The second-order valence-corrected chi connectivity index (χ2v) is 10.2. The Hall–Kier alpha value is -3.85. The molecule has 2 N–H and O–H groups in total. The molecule has 38 heavy (non-hydrogen) atoms. The van der Waals surface area contributed by atoms with Gasteiger partial charge in [0.25, 0.3) is 0 Å². The fourth-order valence-corrected chi connectivity index (χ4v) is 4.89. The first-order valence-electron chi connectivity index (χ1n) is 12.6. The molecular formula is C29H30F3N5O. The number of alkyl halides is 3. The molecule has 1 aliphatic heterocycles. The third-order valence-corrected chi connectivity index (χ3v) is 7.19. The van der Waals surface area contributed by atoms with Gasteiger partial charge in [-0.2, -0.15) is 13.2 Å². The first-order valence-corrected chi connectivity index (χ1v) is 12.6. The number of likely N-dealkylation sites (tertiary alicyclic amines) is 1. The van der Waals surface area contributed by atoms with Crippen molar-refractivity contribution in [1.82, 2.24) is 14.5 Å². The lowest BCUT2D eigenvalue weighted by molar-refractivity contribution is -0.137. The highest BCUT2D eigenvalue weighted by atomic mass is 19.4. The van der Waals surface area contributed by atoms with Gasteiger partial charge in [-0.05, 0) is 68.8 Å². The SMILES string of the molecule is CN1CCC(C)(Nc2c(NC(=O)Cc3ccc(-n4cnc5ccccc54)cc3)cccc2C(F)(F)F)CC1. The standard InChI is InChI=1S/C29H30F3N5O/c1-28(14-16-36(2)17-15-28)35-27-22(29(30,31)32)6-5-8-24(27)34-26(38)18-20-10-12-21(13-11-20)37-19-33-23-7-3-4-9-25(23)37/h3-13,19,35H,14-18H2,1-2H3,(H,34,38). The van der Waals surface area contributed by atoms with Gasteiger partial charge in [-0.1, -0.05) is 30.3 Å². The van der Waals surface area contributed by atoms with Crippen molar-refractivity contribution in [1.29, 1.82) is 0 Å². The number of amides is 1. The van der Waals surface area contributed by atoms with Crippen LogP contribution in [-0.2, 0) is 17.4 Å². The number of aromatic nitrogens is 2. The summed E-state index contributed by atoms with van der Waals surface area (Å²) in [4.78, 5) is 19.5. The van der Waals surface area contributed by atoms with E-state index in [9.17, 15) is 18.0 Å². The zero-order chi connectivity index (χ0) is 26.9. The van der Waals surface area contributed by atoms with Crippen LogP contribution in [0.15, 0.2) is 73.1 Å². The predicted molar refractivity (Wildman–Crippen MR) is 144 cm³/mol. The summed E-state index contributed by atoms with van der Waals surface area (Å²) in [7, 11) is 2.00. The Labute approximate surface area is 219 Å². The Kier molecular flexibility index (Phi) is 6.88. The molecule has 0 aliphatic carbocycles. The summed E-state index contributed by atoms with van der Waals surface area (Å²) in [6.45, 7) is 3.50. The molecule has 0 unspecified atom stereocenters. The van der Waals surface area contributed by atoms with Crippen LogP contribution in [0.4, 0.5) is 24.5 Å². The molecule has 6 nitrogen and oxygen atoms in total. The van der Waals surface area contributed by atoms with E-state index >= 15 is 0 Å². The van der Waals surface area contributed by atoms with Crippen LogP contribution >= 0.6 is 0 Å². The topological polar surface area (TPSA) is 62.2 Å². The van der Waals surface area contributed by atoms with E-state index in [1.165, 1.54) is 12.1 Å². The van der Waals surface area contributed by atoms with E-state index < -0.39 is 17.3 Å². The van der Waals surface area contributed by atoms with Crippen LogP contribution in [0.3, 0.4) is 0 Å². The Morgan fingerprint density at radius 2 is 1.71 bits per heavy atom. The van der Waals surface area contributed by atoms with Gasteiger partial charge in [0.1, 0.15) is 6.33 Å². The molecule has 0 radical (unpaired) electrons. The number of carbonyl (C=O) groups excluding carboxylic acids is 1. The van der Waals surface area contributed by atoms with E-state index in [0.717, 1.165) is 41.4 Å². The second-order valence-electron chi connectivity index (χ2n) is 10.2. The molecule has 0 spiro atoms. The number of para-hydroxylation sites is 3. The van der Waals surface area contributed by atoms with Crippen molar-refractivity contribution in [2.45, 2.75) is 37.9 Å². The van der Waals surface area contributed by atoms with E-state index in [1.54, 1.807) is 6.33 Å². The monoisotopic (exact) mass is 521 g/mol. The number of benzene rings is 3. The Morgan fingerprint density at radius 3 is 2.42 bits per heavy atom. The van der Waals surface area contributed by atoms with E-state index in [0.29, 0.717) is 12.8 Å². The van der Waals surface area contributed by atoms with Crippen molar-refractivity contribution in [3.05, 3.63) is 84.2 Å². The summed E-state index contributed by atoms with van der Waals surface area (Å²) >= 11 is 0. The number of nitrogens with one attached hydrogen (secondary N) is 2. The van der Waals surface area contributed by atoms with E-state index in [2.05, 4.69) is 20.5 Å². The predicted octanol–water partition coefficient (Wildman–Crippen LogP) is 6.12. The Bertz CT molecular complexity index is 1440. The molecule has 1 aromatic heterocycles. The van der Waals surface area contributed by atoms with Crippen molar-refractivity contribution >= 4 is 28.3 Å².